The van der Waals surface area contributed by atoms with Gasteiger partial charge in [-0.15, -0.1) is 0 Å². The van der Waals surface area contributed by atoms with Crippen molar-refractivity contribution in [3.8, 4) is 0 Å². The fraction of sp³-hybridized carbons (Fsp3) is 1.00. The third kappa shape index (κ3) is 13.2. The lowest BCUT2D eigenvalue weighted by Gasteiger charge is -2.41. The maximum absolute atomic E-state index is 6.72. The fourth-order valence-electron chi connectivity index (χ4n) is 4.14. The van der Waals surface area contributed by atoms with Crippen LogP contribution in [-0.4, -0.2) is 29.8 Å². The van der Waals surface area contributed by atoms with Gasteiger partial charge >= 0.3 is 0 Å². The number of unbranched alkanes of at least 4 members (excludes halogenated alkanes) is 2. The minimum atomic E-state index is -1.58. The standard InChI is InChI=1S/C23H52O2Si2/c1-11-13-15-26(7,8)24-19-23(17-21(3)4,18-22(5)6)20-25-27(9,10)16-14-12-2/h21-22H,11-20H2,1-10H3. The Morgan fingerprint density at radius 2 is 1.00 bits per heavy atom. The van der Waals surface area contributed by atoms with Crippen LogP contribution in [-0.2, 0) is 8.85 Å². The molecule has 0 bridgehead atoms. The maximum atomic E-state index is 6.72. The quantitative estimate of drug-likeness (QED) is 0.236. The molecular weight excluding hydrogens is 364 g/mol. The predicted octanol–water partition coefficient (Wildman–Crippen LogP) is 8.11. The van der Waals surface area contributed by atoms with Crippen LogP contribution in [0.25, 0.3) is 0 Å². The molecule has 0 amide bonds. The summed E-state index contributed by atoms with van der Waals surface area (Å²) in [5, 5.41) is 0. The van der Waals surface area contributed by atoms with E-state index in [4.69, 9.17) is 8.85 Å². The molecule has 0 rings (SSSR count). The van der Waals surface area contributed by atoms with Gasteiger partial charge in [-0.2, -0.15) is 0 Å². The minimum Gasteiger partial charge on any atom is -0.417 e. The summed E-state index contributed by atoms with van der Waals surface area (Å²) >= 11 is 0. The van der Waals surface area contributed by atoms with Gasteiger partial charge < -0.3 is 8.85 Å². The van der Waals surface area contributed by atoms with E-state index in [1.165, 1.54) is 50.6 Å². The first-order chi connectivity index (χ1) is 12.4. The molecule has 0 saturated carbocycles. The zero-order valence-corrected chi connectivity index (χ0v) is 22.5. The Balaban J connectivity index is 5.26. The molecule has 0 aromatic carbocycles. The van der Waals surface area contributed by atoms with Crippen LogP contribution in [0.5, 0.6) is 0 Å². The average Bonchev–Trinajstić information content (AvgIpc) is 2.54. The molecule has 0 saturated heterocycles. The van der Waals surface area contributed by atoms with E-state index in [1.807, 2.05) is 0 Å². The van der Waals surface area contributed by atoms with E-state index < -0.39 is 16.6 Å². The molecule has 0 heterocycles. The summed E-state index contributed by atoms with van der Waals surface area (Å²) in [4.78, 5) is 0. The van der Waals surface area contributed by atoms with Crippen molar-refractivity contribution in [1.82, 2.24) is 0 Å². The van der Waals surface area contributed by atoms with Crippen LogP contribution in [0.2, 0.25) is 38.3 Å². The van der Waals surface area contributed by atoms with Gasteiger partial charge in [-0.1, -0.05) is 67.2 Å². The Labute approximate surface area is 174 Å². The Kier molecular flexibility index (Phi) is 13.0. The largest absolute Gasteiger partial charge is 0.417 e. The lowest BCUT2D eigenvalue weighted by Crippen LogP contribution is -2.44. The second-order valence-corrected chi connectivity index (χ2v) is 19.6. The summed E-state index contributed by atoms with van der Waals surface area (Å²) in [5.41, 5.74) is 0.176. The number of rotatable bonds is 16. The van der Waals surface area contributed by atoms with Crippen LogP contribution in [0.1, 0.15) is 80.1 Å². The Hall–Kier alpha value is 0.354. The van der Waals surface area contributed by atoms with Crippen LogP contribution in [0, 0.1) is 17.3 Å². The second-order valence-electron chi connectivity index (χ2n) is 11.0. The van der Waals surface area contributed by atoms with Crippen molar-refractivity contribution in [2.45, 2.75) is 118 Å². The Bertz CT molecular complexity index is 343. The predicted molar refractivity (Wildman–Crippen MR) is 128 cm³/mol. The third-order valence-electron chi connectivity index (χ3n) is 5.49. The molecule has 0 aliphatic rings. The van der Waals surface area contributed by atoms with Crippen molar-refractivity contribution >= 4 is 16.6 Å². The molecule has 0 N–H and O–H groups in total. The van der Waals surface area contributed by atoms with Crippen molar-refractivity contribution in [2.24, 2.45) is 17.3 Å². The van der Waals surface area contributed by atoms with Crippen molar-refractivity contribution in [1.29, 1.82) is 0 Å². The van der Waals surface area contributed by atoms with Gasteiger partial charge in [-0.25, -0.2) is 0 Å². The average molecular weight is 417 g/mol. The summed E-state index contributed by atoms with van der Waals surface area (Å²) in [6, 6.07) is 2.56. The molecule has 0 aliphatic carbocycles. The monoisotopic (exact) mass is 416 g/mol. The van der Waals surface area contributed by atoms with Gasteiger partial charge in [0, 0.05) is 18.6 Å². The first-order valence-electron chi connectivity index (χ1n) is 11.6. The van der Waals surface area contributed by atoms with Gasteiger partial charge in [0.25, 0.3) is 0 Å². The van der Waals surface area contributed by atoms with Crippen molar-refractivity contribution in [3.63, 3.8) is 0 Å². The first-order valence-corrected chi connectivity index (χ1v) is 17.9. The number of hydrogen-bond acceptors (Lipinski definition) is 2. The van der Waals surface area contributed by atoms with E-state index in [2.05, 4.69) is 67.7 Å². The SMILES string of the molecule is CCCC[Si](C)(C)OCC(CO[Si](C)(C)CCCC)(CC(C)C)CC(C)C. The Morgan fingerprint density at radius 1 is 0.667 bits per heavy atom. The smallest absolute Gasteiger partial charge is 0.186 e. The van der Waals surface area contributed by atoms with Gasteiger partial charge in [-0.05, 0) is 63.0 Å². The molecule has 0 fully saturated rings. The summed E-state index contributed by atoms with van der Waals surface area (Å²) in [6.07, 6.45) is 7.55. The van der Waals surface area contributed by atoms with Crippen LogP contribution in [0.15, 0.2) is 0 Å². The van der Waals surface area contributed by atoms with E-state index in [0.29, 0.717) is 11.8 Å². The van der Waals surface area contributed by atoms with Crippen molar-refractivity contribution in [2.75, 3.05) is 13.2 Å². The fourth-order valence-corrected chi connectivity index (χ4v) is 8.23. The molecular formula is C23H52O2Si2. The highest BCUT2D eigenvalue weighted by Gasteiger charge is 2.37. The van der Waals surface area contributed by atoms with E-state index in [-0.39, 0.29) is 5.41 Å². The zero-order valence-electron chi connectivity index (χ0n) is 20.5. The lowest BCUT2D eigenvalue weighted by atomic mass is 9.75. The molecule has 2 nitrogen and oxygen atoms in total. The zero-order chi connectivity index (χ0) is 21.1. The highest BCUT2D eigenvalue weighted by atomic mass is 28.4. The van der Waals surface area contributed by atoms with Gasteiger partial charge in [0.05, 0.1) is 0 Å². The molecule has 4 heteroatoms. The van der Waals surface area contributed by atoms with Crippen molar-refractivity contribution < 1.29 is 8.85 Å². The minimum absolute atomic E-state index is 0.176. The molecule has 0 aromatic heterocycles. The van der Waals surface area contributed by atoms with Crippen LogP contribution in [0.3, 0.4) is 0 Å². The van der Waals surface area contributed by atoms with Gasteiger partial charge in [-0.3, -0.25) is 0 Å². The maximum Gasteiger partial charge on any atom is 0.186 e. The van der Waals surface area contributed by atoms with Gasteiger partial charge in [0.15, 0.2) is 16.6 Å². The molecule has 0 unspecified atom stereocenters. The summed E-state index contributed by atoms with van der Waals surface area (Å²) in [5.74, 6) is 1.36. The lowest BCUT2D eigenvalue weighted by molar-refractivity contribution is 0.0326. The third-order valence-corrected chi connectivity index (χ3v) is 10.5. The van der Waals surface area contributed by atoms with Gasteiger partial charge in [0.1, 0.15) is 0 Å². The molecule has 164 valence electrons. The molecule has 0 radical (unpaired) electrons. The normalized spacial score (nSPS) is 13.8. The summed E-state index contributed by atoms with van der Waals surface area (Å²) in [7, 11) is -3.15. The highest BCUT2D eigenvalue weighted by molar-refractivity contribution is 6.71. The topological polar surface area (TPSA) is 18.5 Å². The highest BCUT2D eigenvalue weighted by Crippen LogP contribution is 2.37. The molecule has 0 aromatic rings. The van der Waals surface area contributed by atoms with Gasteiger partial charge in [0.2, 0.25) is 0 Å². The first kappa shape index (κ1) is 27.4. The molecule has 0 spiro atoms. The van der Waals surface area contributed by atoms with E-state index in [0.717, 1.165) is 13.2 Å². The number of hydrogen-bond donors (Lipinski definition) is 0. The summed E-state index contributed by atoms with van der Waals surface area (Å²) in [6.45, 7) is 25.4. The molecule has 0 aliphatic heterocycles. The van der Waals surface area contributed by atoms with E-state index in [1.54, 1.807) is 0 Å². The Morgan fingerprint density at radius 3 is 1.26 bits per heavy atom. The van der Waals surface area contributed by atoms with Crippen LogP contribution >= 0.6 is 0 Å². The van der Waals surface area contributed by atoms with Crippen LogP contribution < -0.4 is 0 Å². The summed E-state index contributed by atoms with van der Waals surface area (Å²) < 4.78 is 13.4. The molecule has 0 atom stereocenters. The van der Waals surface area contributed by atoms with E-state index in [9.17, 15) is 0 Å². The van der Waals surface area contributed by atoms with E-state index >= 15 is 0 Å². The molecule has 27 heavy (non-hydrogen) atoms. The van der Waals surface area contributed by atoms with Crippen molar-refractivity contribution in [3.05, 3.63) is 0 Å². The second kappa shape index (κ2) is 12.8. The van der Waals surface area contributed by atoms with Crippen LogP contribution in [0.4, 0.5) is 0 Å².